The highest BCUT2D eigenvalue weighted by Gasteiger charge is 2.04. The number of benzene rings is 1. The summed E-state index contributed by atoms with van der Waals surface area (Å²) in [6.07, 6.45) is 1.51. The first-order chi connectivity index (χ1) is 6.74. The lowest BCUT2D eigenvalue weighted by atomic mass is 10.0. The van der Waals surface area contributed by atoms with Gasteiger partial charge in [0, 0.05) is 17.5 Å². The highest BCUT2D eigenvalue weighted by atomic mass is 35.5. The van der Waals surface area contributed by atoms with Crippen LogP contribution in [0.4, 0.5) is 0 Å². The molecule has 2 N–H and O–H groups in total. The number of hydrogen-bond donors (Lipinski definition) is 1. The van der Waals surface area contributed by atoms with Crippen LogP contribution in [0, 0.1) is 11.8 Å². The summed E-state index contributed by atoms with van der Waals surface area (Å²) >= 11 is 6.01. The first-order valence-corrected chi connectivity index (χ1v) is 5.00. The van der Waals surface area contributed by atoms with Crippen molar-refractivity contribution in [1.29, 1.82) is 0 Å². The third-order valence-electron chi connectivity index (χ3n) is 1.98. The summed E-state index contributed by atoms with van der Waals surface area (Å²) in [5, 5.41) is 0.785. The van der Waals surface area contributed by atoms with Gasteiger partial charge in [-0.25, -0.2) is 0 Å². The monoisotopic (exact) mass is 207 g/mol. The van der Waals surface area contributed by atoms with Gasteiger partial charge in [-0.3, -0.25) is 0 Å². The third kappa shape index (κ3) is 3.41. The molecule has 0 aliphatic heterocycles. The zero-order valence-electron chi connectivity index (χ0n) is 8.26. The second-order valence-corrected chi connectivity index (χ2v) is 3.59. The van der Waals surface area contributed by atoms with Gasteiger partial charge in [-0.2, -0.15) is 0 Å². The molecular formula is C12H14ClN. The predicted molar refractivity (Wildman–Crippen MR) is 61.2 cm³/mol. The topological polar surface area (TPSA) is 26.0 Å². The van der Waals surface area contributed by atoms with E-state index < -0.39 is 0 Å². The van der Waals surface area contributed by atoms with Crippen molar-refractivity contribution in [3.8, 4) is 11.8 Å². The van der Waals surface area contributed by atoms with Crippen LogP contribution in [0.25, 0.3) is 0 Å². The Hall–Kier alpha value is -0.970. The van der Waals surface area contributed by atoms with Crippen molar-refractivity contribution < 1.29 is 0 Å². The Labute approximate surface area is 90.3 Å². The normalized spacial score (nSPS) is 11.6. The van der Waals surface area contributed by atoms with Crippen LogP contribution < -0.4 is 5.73 Å². The molecule has 0 bridgehead atoms. The zero-order chi connectivity index (χ0) is 10.4. The summed E-state index contributed by atoms with van der Waals surface area (Å²) in [6.45, 7) is 1.82. The largest absolute Gasteiger partial charge is 0.327 e. The molecule has 1 nitrogen and oxygen atoms in total. The van der Waals surface area contributed by atoms with Crippen LogP contribution in [-0.2, 0) is 6.42 Å². The van der Waals surface area contributed by atoms with E-state index in [2.05, 4.69) is 11.8 Å². The smallest absolute Gasteiger partial charge is 0.0438 e. The maximum atomic E-state index is 6.01. The molecule has 74 valence electrons. The standard InChI is InChI=1S/C12H14ClN/c1-2-3-7-11(14)9-10-6-4-5-8-12(10)13/h4-6,8,11H,7,9,14H2,1H3. The minimum Gasteiger partial charge on any atom is -0.327 e. The maximum absolute atomic E-state index is 6.01. The van der Waals surface area contributed by atoms with Crippen molar-refractivity contribution in [2.75, 3.05) is 0 Å². The fraction of sp³-hybridized carbons (Fsp3) is 0.333. The fourth-order valence-electron chi connectivity index (χ4n) is 1.25. The summed E-state index contributed by atoms with van der Waals surface area (Å²) in [5.41, 5.74) is 7.00. The SMILES string of the molecule is CC#CCC(N)Cc1ccccc1Cl. The summed E-state index contributed by atoms with van der Waals surface area (Å²) in [4.78, 5) is 0. The molecule has 1 atom stereocenters. The second-order valence-electron chi connectivity index (χ2n) is 3.19. The van der Waals surface area contributed by atoms with E-state index in [1.807, 2.05) is 31.2 Å². The Bertz CT molecular complexity index is 349. The zero-order valence-corrected chi connectivity index (χ0v) is 9.01. The van der Waals surface area contributed by atoms with Crippen LogP contribution in [0.3, 0.4) is 0 Å². The third-order valence-corrected chi connectivity index (χ3v) is 2.35. The Kier molecular flexibility index (Phi) is 4.52. The van der Waals surface area contributed by atoms with Gasteiger partial charge in [0.2, 0.25) is 0 Å². The summed E-state index contributed by atoms with van der Waals surface area (Å²) < 4.78 is 0. The van der Waals surface area contributed by atoms with Gasteiger partial charge in [-0.15, -0.1) is 11.8 Å². The van der Waals surface area contributed by atoms with Gasteiger partial charge in [0.15, 0.2) is 0 Å². The van der Waals surface area contributed by atoms with E-state index in [-0.39, 0.29) is 6.04 Å². The van der Waals surface area contributed by atoms with Gasteiger partial charge in [0.1, 0.15) is 0 Å². The average molecular weight is 208 g/mol. The molecule has 14 heavy (non-hydrogen) atoms. The number of rotatable bonds is 3. The molecule has 0 heterocycles. The maximum Gasteiger partial charge on any atom is 0.0438 e. The van der Waals surface area contributed by atoms with E-state index in [1.165, 1.54) is 0 Å². The molecule has 0 amide bonds. The molecule has 0 spiro atoms. The van der Waals surface area contributed by atoms with Crippen molar-refractivity contribution in [1.82, 2.24) is 0 Å². The number of halogens is 1. The summed E-state index contributed by atoms with van der Waals surface area (Å²) in [5.74, 6) is 5.81. The van der Waals surface area contributed by atoms with Crippen molar-refractivity contribution in [2.24, 2.45) is 5.73 Å². The molecule has 0 saturated carbocycles. The second kappa shape index (κ2) is 5.70. The highest BCUT2D eigenvalue weighted by Crippen LogP contribution is 2.16. The molecule has 1 unspecified atom stereocenters. The lowest BCUT2D eigenvalue weighted by molar-refractivity contribution is 0.689. The van der Waals surface area contributed by atoms with Gasteiger partial charge in [0.05, 0.1) is 0 Å². The molecule has 0 saturated heterocycles. The Balaban J connectivity index is 2.58. The number of nitrogens with two attached hydrogens (primary N) is 1. The van der Waals surface area contributed by atoms with Gasteiger partial charge in [-0.05, 0) is 25.0 Å². The van der Waals surface area contributed by atoms with Crippen LogP contribution in [-0.4, -0.2) is 6.04 Å². The van der Waals surface area contributed by atoms with E-state index in [0.29, 0.717) is 0 Å². The minimum atomic E-state index is 0.0716. The molecule has 0 aromatic heterocycles. The predicted octanol–water partition coefficient (Wildman–Crippen LogP) is 2.62. The van der Waals surface area contributed by atoms with Crippen molar-refractivity contribution in [3.63, 3.8) is 0 Å². The summed E-state index contributed by atoms with van der Waals surface area (Å²) in [6, 6.07) is 7.85. The number of hydrogen-bond acceptors (Lipinski definition) is 1. The van der Waals surface area contributed by atoms with Crippen LogP contribution in [0.15, 0.2) is 24.3 Å². The van der Waals surface area contributed by atoms with E-state index in [0.717, 1.165) is 23.4 Å². The molecule has 0 aliphatic rings. The van der Waals surface area contributed by atoms with Gasteiger partial charge < -0.3 is 5.73 Å². The van der Waals surface area contributed by atoms with E-state index in [1.54, 1.807) is 0 Å². The minimum absolute atomic E-state index is 0.0716. The molecule has 1 rings (SSSR count). The Morgan fingerprint density at radius 3 is 2.79 bits per heavy atom. The molecule has 0 fully saturated rings. The van der Waals surface area contributed by atoms with Crippen molar-refractivity contribution in [3.05, 3.63) is 34.9 Å². The molecule has 0 aliphatic carbocycles. The molecule has 0 radical (unpaired) electrons. The van der Waals surface area contributed by atoms with Crippen LogP contribution in [0.5, 0.6) is 0 Å². The van der Waals surface area contributed by atoms with Crippen LogP contribution >= 0.6 is 11.6 Å². The Morgan fingerprint density at radius 1 is 1.43 bits per heavy atom. The Morgan fingerprint density at radius 2 is 2.14 bits per heavy atom. The first-order valence-electron chi connectivity index (χ1n) is 4.62. The van der Waals surface area contributed by atoms with Crippen molar-refractivity contribution >= 4 is 11.6 Å². The molecule has 1 aromatic rings. The molecule has 1 aromatic carbocycles. The molecule has 2 heteroatoms. The van der Waals surface area contributed by atoms with Gasteiger partial charge in [0.25, 0.3) is 0 Å². The van der Waals surface area contributed by atoms with Crippen LogP contribution in [0.1, 0.15) is 18.9 Å². The highest BCUT2D eigenvalue weighted by molar-refractivity contribution is 6.31. The van der Waals surface area contributed by atoms with E-state index in [4.69, 9.17) is 17.3 Å². The fourth-order valence-corrected chi connectivity index (χ4v) is 1.46. The van der Waals surface area contributed by atoms with Crippen molar-refractivity contribution in [2.45, 2.75) is 25.8 Å². The lowest BCUT2D eigenvalue weighted by Gasteiger charge is -2.09. The molecular weight excluding hydrogens is 194 g/mol. The van der Waals surface area contributed by atoms with E-state index in [9.17, 15) is 0 Å². The first kappa shape index (κ1) is 11.1. The average Bonchev–Trinajstić information content (AvgIpc) is 2.18. The van der Waals surface area contributed by atoms with Gasteiger partial charge in [-0.1, -0.05) is 29.8 Å². The van der Waals surface area contributed by atoms with Crippen LogP contribution in [0.2, 0.25) is 5.02 Å². The quantitative estimate of drug-likeness (QED) is 0.758. The van der Waals surface area contributed by atoms with Gasteiger partial charge >= 0.3 is 0 Å². The lowest BCUT2D eigenvalue weighted by Crippen LogP contribution is -2.22. The van der Waals surface area contributed by atoms with E-state index >= 15 is 0 Å². The summed E-state index contributed by atoms with van der Waals surface area (Å²) in [7, 11) is 0.